The largest absolute Gasteiger partial charge is 0.478 e. The summed E-state index contributed by atoms with van der Waals surface area (Å²) >= 11 is 4.66. The minimum absolute atomic E-state index is 0.237. The maximum absolute atomic E-state index is 11.0. The normalized spacial score (nSPS) is 16.1. The highest BCUT2D eigenvalue weighted by Crippen LogP contribution is 2.30. The topological polar surface area (TPSA) is 59.4 Å². The average molecular weight is 290 g/mol. The van der Waals surface area contributed by atoms with E-state index in [0.29, 0.717) is 28.0 Å². The third kappa shape index (κ3) is 2.50. The molecule has 0 spiro atoms. The standard InChI is InChI=1S/C9H8BrNO3S/c10-5-1-7(9(12)13)8(11-2-5)15-6-3-14-4-6/h1-2,6H,3-4H2,(H,12,13). The maximum Gasteiger partial charge on any atom is 0.338 e. The molecule has 6 heteroatoms. The van der Waals surface area contributed by atoms with Gasteiger partial charge >= 0.3 is 5.97 Å². The fourth-order valence-electron chi connectivity index (χ4n) is 1.11. The number of carboxylic acid groups (broad SMARTS) is 1. The molecule has 15 heavy (non-hydrogen) atoms. The third-order valence-corrected chi connectivity index (χ3v) is 3.52. The third-order valence-electron chi connectivity index (χ3n) is 1.93. The summed E-state index contributed by atoms with van der Waals surface area (Å²) in [5, 5.41) is 9.87. The van der Waals surface area contributed by atoms with Crippen LogP contribution in [0.1, 0.15) is 10.4 Å². The number of hydrogen-bond donors (Lipinski definition) is 1. The zero-order chi connectivity index (χ0) is 10.8. The van der Waals surface area contributed by atoms with Crippen LogP contribution in [0.2, 0.25) is 0 Å². The Morgan fingerprint density at radius 2 is 2.40 bits per heavy atom. The molecule has 2 rings (SSSR count). The van der Waals surface area contributed by atoms with E-state index in [1.807, 2.05) is 0 Å². The fraction of sp³-hybridized carbons (Fsp3) is 0.333. The lowest BCUT2D eigenvalue weighted by atomic mass is 10.3. The first-order chi connectivity index (χ1) is 7.16. The Labute approximate surface area is 99.2 Å². The van der Waals surface area contributed by atoms with E-state index in [-0.39, 0.29) is 5.56 Å². The summed E-state index contributed by atoms with van der Waals surface area (Å²) in [5.41, 5.74) is 0.237. The number of carboxylic acids is 1. The summed E-state index contributed by atoms with van der Waals surface area (Å²) in [6.45, 7) is 1.34. The van der Waals surface area contributed by atoms with E-state index < -0.39 is 5.97 Å². The van der Waals surface area contributed by atoms with Gasteiger partial charge in [-0.3, -0.25) is 0 Å². The van der Waals surface area contributed by atoms with Crippen molar-refractivity contribution in [2.24, 2.45) is 0 Å². The van der Waals surface area contributed by atoms with Crippen LogP contribution in [0.4, 0.5) is 0 Å². The van der Waals surface area contributed by atoms with Crippen LogP contribution in [0.15, 0.2) is 21.8 Å². The van der Waals surface area contributed by atoms with E-state index in [9.17, 15) is 4.79 Å². The molecule has 0 saturated carbocycles. The van der Waals surface area contributed by atoms with Gasteiger partial charge in [0.1, 0.15) is 5.03 Å². The number of pyridine rings is 1. The molecule has 1 saturated heterocycles. The zero-order valence-electron chi connectivity index (χ0n) is 7.64. The lowest BCUT2D eigenvalue weighted by molar-refractivity contribution is 0.0454. The number of aromatic nitrogens is 1. The van der Waals surface area contributed by atoms with Crippen molar-refractivity contribution in [3.8, 4) is 0 Å². The van der Waals surface area contributed by atoms with E-state index >= 15 is 0 Å². The number of aromatic carboxylic acids is 1. The first-order valence-corrected chi connectivity index (χ1v) is 5.97. The minimum Gasteiger partial charge on any atom is -0.478 e. The number of ether oxygens (including phenoxy) is 1. The molecule has 0 amide bonds. The molecule has 0 unspecified atom stereocenters. The van der Waals surface area contributed by atoms with Crippen LogP contribution < -0.4 is 0 Å². The SMILES string of the molecule is O=C(O)c1cc(Br)cnc1SC1COC1. The van der Waals surface area contributed by atoms with Crippen LogP contribution in [0, 0.1) is 0 Å². The molecule has 0 radical (unpaired) electrons. The molecule has 0 aliphatic carbocycles. The molecule has 1 aromatic rings. The second-order valence-electron chi connectivity index (χ2n) is 3.09. The number of halogens is 1. The van der Waals surface area contributed by atoms with E-state index in [1.54, 1.807) is 12.3 Å². The number of carbonyl (C=O) groups is 1. The van der Waals surface area contributed by atoms with Gasteiger partial charge in [-0.15, -0.1) is 0 Å². The van der Waals surface area contributed by atoms with Crippen LogP contribution in [0.5, 0.6) is 0 Å². The van der Waals surface area contributed by atoms with Gasteiger partial charge in [-0.1, -0.05) is 11.8 Å². The Morgan fingerprint density at radius 3 is 2.93 bits per heavy atom. The van der Waals surface area contributed by atoms with Crippen LogP contribution in [-0.4, -0.2) is 34.5 Å². The highest BCUT2D eigenvalue weighted by molar-refractivity contribution is 9.10. The molecule has 0 atom stereocenters. The van der Waals surface area contributed by atoms with Crippen LogP contribution in [0.25, 0.3) is 0 Å². The van der Waals surface area contributed by atoms with Gasteiger partial charge in [-0.25, -0.2) is 9.78 Å². The molecule has 4 nitrogen and oxygen atoms in total. The lowest BCUT2D eigenvalue weighted by Gasteiger charge is -2.25. The highest BCUT2D eigenvalue weighted by Gasteiger charge is 2.23. The Balaban J connectivity index is 2.23. The van der Waals surface area contributed by atoms with Gasteiger partial charge in [0.2, 0.25) is 0 Å². The van der Waals surface area contributed by atoms with E-state index in [1.165, 1.54) is 11.8 Å². The van der Waals surface area contributed by atoms with Crippen molar-refractivity contribution in [1.29, 1.82) is 0 Å². The molecular weight excluding hydrogens is 282 g/mol. The zero-order valence-corrected chi connectivity index (χ0v) is 10.0. The van der Waals surface area contributed by atoms with Crippen molar-refractivity contribution < 1.29 is 14.6 Å². The van der Waals surface area contributed by atoms with Crippen molar-refractivity contribution >= 4 is 33.7 Å². The highest BCUT2D eigenvalue weighted by atomic mass is 79.9. The first kappa shape index (κ1) is 10.9. The van der Waals surface area contributed by atoms with Gasteiger partial charge in [0.25, 0.3) is 0 Å². The van der Waals surface area contributed by atoms with E-state index in [0.717, 1.165) is 0 Å². The van der Waals surface area contributed by atoms with Gasteiger partial charge in [-0.05, 0) is 22.0 Å². The smallest absolute Gasteiger partial charge is 0.338 e. The van der Waals surface area contributed by atoms with Crippen LogP contribution in [0.3, 0.4) is 0 Å². The summed E-state index contributed by atoms with van der Waals surface area (Å²) in [6, 6.07) is 1.57. The monoisotopic (exact) mass is 289 g/mol. The van der Waals surface area contributed by atoms with E-state index in [2.05, 4.69) is 20.9 Å². The Hall–Kier alpha value is -0.590. The predicted octanol–water partition coefficient (Wildman–Crippen LogP) is 2.03. The van der Waals surface area contributed by atoms with Crippen molar-refractivity contribution in [3.63, 3.8) is 0 Å². The van der Waals surface area contributed by atoms with Gasteiger partial charge in [0, 0.05) is 10.7 Å². The molecule has 1 N–H and O–H groups in total. The summed E-state index contributed by atoms with van der Waals surface area (Å²) < 4.78 is 5.70. The van der Waals surface area contributed by atoms with Gasteiger partial charge in [0.15, 0.2) is 0 Å². The maximum atomic E-state index is 11.0. The Bertz CT molecular complexity index is 395. The molecule has 80 valence electrons. The van der Waals surface area contributed by atoms with Gasteiger partial charge < -0.3 is 9.84 Å². The van der Waals surface area contributed by atoms with Crippen molar-refractivity contribution in [2.75, 3.05) is 13.2 Å². The fourth-order valence-corrected chi connectivity index (χ4v) is 2.48. The molecule has 1 aliphatic rings. The molecule has 1 aliphatic heterocycles. The lowest BCUT2D eigenvalue weighted by Crippen LogP contribution is -2.30. The average Bonchev–Trinajstić information content (AvgIpc) is 2.12. The quantitative estimate of drug-likeness (QED) is 0.923. The van der Waals surface area contributed by atoms with Gasteiger partial charge in [-0.2, -0.15) is 0 Å². The Kier molecular flexibility index (Phi) is 3.28. The minimum atomic E-state index is -0.952. The summed E-state index contributed by atoms with van der Waals surface area (Å²) in [5.74, 6) is -0.952. The summed E-state index contributed by atoms with van der Waals surface area (Å²) in [7, 11) is 0. The first-order valence-electron chi connectivity index (χ1n) is 4.30. The Morgan fingerprint density at radius 1 is 1.67 bits per heavy atom. The van der Waals surface area contributed by atoms with Crippen LogP contribution >= 0.6 is 27.7 Å². The second kappa shape index (κ2) is 4.51. The predicted molar refractivity (Wildman–Crippen MR) is 59.4 cm³/mol. The molecule has 0 bridgehead atoms. The van der Waals surface area contributed by atoms with Crippen LogP contribution in [-0.2, 0) is 4.74 Å². The number of hydrogen-bond acceptors (Lipinski definition) is 4. The number of rotatable bonds is 3. The second-order valence-corrected chi connectivity index (χ2v) is 5.29. The number of nitrogens with zero attached hydrogens (tertiary/aromatic N) is 1. The molecule has 2 heterocycles. The number of thioether (sulfide) groups is 1. The molecular formula is C9H8BrNO3S. The van der Waals surface area contributed by atoms with Crippen molar-refractivity contribution in [3.05, 3.63) is 22.3 Å². The van der Waals surface area contributed by atoms with Gasteiger partial charge in [0.05, 0.1) is 24.0 Å². The summed E-state index contributed by atoms with van der Waals surface area (Å²) in [4.78, 5) is 15.1. The van der Waals surface area contributed by atoms with Crippen molar-refractivity contribution in [2.45, 2.75) is 10.3 Å². The van der Waals surface area contributed by atoms with E-state index in [4.69, 9.17) is 9.84 Å². The molecule has 1 fully saturated rings. The molecule has 0 aromatic carbocycles. The van der Waals surface area contributed by atoms with Crippen molar-refractivity contribution in [1.82, 2.24) is 4.98 Å². The molecule has 1 aromatic heterocycles. The summed E-state index contributed by atoms with van der Waals surface area (Å²) in [6.07, 6.45) is 1.61.